The minimum Gasteiger partial charge on any atom is -0.356 e. The van der Waals surface area contributed by atoms with Gasteiger partial charge in [-0.2, -0.15) is 0 Å². The van der Waals surface area contributed by atoms with E-state index in [-0.39, 0.29) is 16.7 Å². The van der Waals surface area contributed by atoms with Gasteiger partial charge in [-0.1, -0.05) is 41.5 Å². The zero-order valence-electron chi connectivity index (χ0n) is 11.4. The molecule has 90 valence electrons. The topological polar surface area (TPSA) is 29.1 Å². The Labute approximate surface area is 94.8 Å². The first-order valence-corrected chi connectivity index (χ1v) is 5.92. The Morgan fingerprint density at radius 1 is 1.20 bits per heavy atom. The number of nitrogens with one attached hydrogen (secondary N) is 1. The molecule has 0 aromatic heterocycles. The lowest BCUT2D eigenvalue weighted by Crippen LogP contribution is -2.44. The number of hydrogen-bond acceptors (Lipinski definition) is 1. The summed E-state index contributed by atoms with van der Waals surface area (Å²) in [5.41, 5.74) is -0.0711. The van der Waals surface area contributed by atoms with Crippen molar-refractivity contribution in [1.29, 1.82) is 0 Å². The molecule has 15 heavy (non-hydrogen) atoms. The van der Waals surface area contributed by atoms with E-state index < -0.39 is 0 Å². The van der Waals surface area contributed by atoms with Crippen LogP contribution in [0.4, 0.5) is 0 Å². The summed E-state index contributed by atoms with van der Waals surface area (Å²) >= 11 is 0. The van der Waals surface area contributed by atoms with Crippen LogP contribution < -0.4 is 5.32 Å². The molecule has 2 nitrogen and oxygen atoms in total. The molecule has 0 spiro atoms. The summed E-state index contributed by atoms with van der Waals surface area (Å²) in [6.45, 7) is 15.6. The molecule has 1 atom stereocenters. The Morgan fingerprint density at radius 3 is 1.93 bits per heavy atom. The Hall–Kier alpha value is -0.530. The van der Waals surface area contributed by atoms with E-state index in [9.17, 15) is 4.79 Å². The van der Waals surface area contributed by atoms with Gasteiger partial charge in [0.25, 0.3) is 0 Å². The van der Waals surface area contributed by atoms with Crippen LogP contribution in [-0.2, 0) is 4.79 Å². The molecular formula is C13H27NO. The van der Waals surface area contributed by atoms with Gasteiger partial charge in [0.2, 0.25) is 5.91 Å². The SMILES string of the molecule is CCNC(=O)C(C)(CC(C)(C)C)C(C)C. The third-order valence-corrected chi connectivity index (χ3v) is 3.03. The highest BCUT2D eigenvalue weighted by atomic mass is 16.2. The van der Waals surface area contributed by atoms with E-state index in [1.54, 1.807) is 0 Å². The summed E-state index contributed by atoms with van der Waals surface area (Å²) in [6, 6.07) is 0. The fraction of sp³-hybridized carbons (Fsp3) is 0.923. The summed E-state index contributed by atoms with van der Waals surface area (Å²) in [5, 5.41) is 2.95. The predicted molar refractivity (Wildman–Crippen MR) is 65.7 cm³/mol. The van der Waals surface area contributed by atoms with Gasteiger partial charge in [0.1, 0.15) is 0 Å². The van der Waals surface area contributed by atoms with Crippen LogP contribution in [0.2, 0.25) is 0 Å². The molecule has 0 saturated carbocycles. The summed E-state index contributed by atoms with van der Waals surface area (Å²) in [4.78, 5) is 12.1. The number of carbonyl (C=O) groups excluding carboxylic acids is 1. The molecule has 0 heterocycles. The summed E-state index contributed by atoms with van der Waals surface area (Å²) < 4.78 is 0. The van der Waals surface area contributed by atoms with Crippen LogP contribution in [0.3, 0.4) is 0 Å². The summed E-state index contributed by atoms with van der Waals surface area (Å²) in [6.07, 6.45) is 0.920. The number of amides is 1. The lowest BCUT2D eigenvalue weighted by atomic mass is 9.68. The zero-order valence-corrected chi connectivity index (χ0v) is 11.4. The number of hydrogen-bond donors (Lipinski definition) is 1. The molecule has 1 amide bonds. The van der Waals surface area contributed by atoms with Crippen molar-refractivity contribution in [3.63, 3.8) is 0 Å². The average molecular weight is 213 g/mol. The quantitative estimate of drug-likeness (QED) is 0.763. The Morgan fingerprint density at radius 2 is 1.67 bits per heavy atom. The molecule has 0 saturated heterocycles. The van der Waals surface area contributed by atoms with Crippen molar-refractivity contribution in [3.8, 4) is 0 Å². The Balaban J connectivity index is 4.82. The molecule has 0 aromatic carbocycles. The average Bonchev–Trinajstić information content (AvgIpc) is 2.01. The molecule has 0 radical (unpaired) electrons. The maximum Gasteiger partial charge on any atom is 0.226 e. The van der Waals surface area contributed by atoms with Gasteiger partial charge in [-0.05, 0) is 24.7 Å². The van der Waals surface area contributed by atoms with Crippen LogP contribution in [0.1, 0.15) is 54.9 Å². The normalized spacial score (nSPS) is 16.3. The lowest BCUT2D eigenvalue weighted by molar-refractivity contribution is -0.134. The van der Waals surface area contributed by atoms with E-state index in [4.69, 9.17) is 0 Å². The monoisotopic (exact) mass is 213 g/mol. The van der Waals surface area contributed by atoms with E-state index in [2.05, 4.69) is 46.9 Å². The van der Waals surface area contributed by atoms with E-state index in [0.717, 1.165) is 6.42 Å². The first-order chi connectivity index (χ1) is 6.63. The molecule has 0 aliphatic heterocycles. The summed E-state index contributed by atoms with van der Waals surface area (Å²) in [5.74, 6) is 0.554. The molecular weight excluding hydrogens is 186 g/mol. The highest BCUT2D eigenvalue weighted by Crippen LogP contribution is 2.39. The third-order valence-electron chi connectivity index (χ3n) is 3.03. The van der Waals surface area contributed by atoms with Crippen molar-refractivity contribution in [1.82, 2.24) is 5.32 Å². The van der Waals surface area contributed by atoms with E-state index in [1.807, 2.05) is 6.92 Å². The molecule has 0 bridgehead atoms. The Kier molecular flexibility index (Phi) is 4.82. The van der Waals surface area contributed by atoms with Crippen molar-refractivity contribution < 1.29 is 4.79 Å². The van der Waals surface area contributed by atoms with Gasteiger partial charge in [0, 0.05) is 12.0 Å². The number of rotatable bonds is 4. The standard InChI is InChI=1S/C13H27NO/c1-8-14-11(15)13(7,10(2)3)9-12(4,5)6/h10H,8-9H2,1-7H3,(H,14,15). The second-order valence-electron chi connectivity index (χ2n) is 6.17. The molecule has 0 aliphatic rings. The number of carbonyl (C=O) groups is 1. The van der Waals surface area contributed by atoms with Crippen LogP contribution in [0.5, 0.6) is 0 Å². The van der Waals surface area contributed by atoms with Crippen LogP contribution in [0.15, 0.2) is 0 Å². The van der Waals surface area contributed by atoms with Gasteiger partial charge in [-0.25, -0.2) is 0 Å². The molecule has 1 unspecified atom stereocenters. The van der Waals surface area contributed by atoms with Gasteiger partial charge < -0.3 is 5.32 Å². The van der Waals surface area contributed by atoms with Gasteiger partial charge in [0.15, 0.2) is 0 Å². The van der Waals surface area contributed by atoms with Crippen molar-refractivity contribution in [2.45, 2.75) is 54.9 Å². The third kappa shape index (κ3) is 4.23. The van der Waals surface area contributed by atoms with Gasteiger partial charge >= 0.3 is 0 Å². The highest BCUT2D eigenvalue weighted by molar-refractivity contribution is 5.82. The highest BCUT2D eigenvalue weighted by Gasteiger charge is 2.39. The minimum atomic E-state index is -0.256. The van der Waals surface area contributed by atoms with Gasteiger partial charge in [0.05, 0.1) is 0 Å². The largest absolute Gasteiger partial charge is 0.356 e. The molecule has 2 heteroatoms. The van der Waals surface area contributed by atoms with E-state index in [0.29, 0.717) is 12.5 Å². The first kappa shape index (κ1) is 14.5. The second-order valence-corrected chi connectivity index (χ2v) is 6.17. The van der Waals surface area contributed by atoms with Crippen LogP contribution >= 0.6 is 0 Å². The molecule has 1 N–H and O–H groups in total. The molecule has 0 rings (SSSR count). The maximum atomic E-state index is 12.1. The maximum absolute atomic E-state index is 12.1. The van der Waals surface area contributed by atoms with Crippen LogP contribution in [0, 0.1) is 16.7 Å². The van der Waals surface area contributed by atoms with Gasteiger partial charge in [-0.3, -0.25) is 4.79 Å². The zero-order chi connectivity index (χ0) is 12.3. The van der Waals surface area contributed by atoms with Gasteiger partial charge in [-0.15, -0.1) is 0 Å². The molecule has 0 aromatic rings. The van der Waals surface area contributed by atoms with Crippen molar-refractivity contribution in [3.05, 3.63) is 0 Å². The Bertz CT molecular complexity index is 215. The predicted octanol–water partition coefficient (Wildman–Crippen LogP) is 3.22. The van der Waals surface area contributed by atoms with Crippen molar-refractivity contribution >= 4 is 5.91 Å². The summed E-state index contributed by atoms with van der Waals surface area (Å²) in [7, 11) is 0. The fourth-order valence-corrected chi connectivity index (χ4v) is 2.01. The first-order valence-electron chi connectivity index (χ1n) is 5.92. The lowest BCUT2D eigenvalue weighted by Gasteiger charge is -2.37. The van der Waals surface area contributed by atoms with Crippen molar-refractivity contribution in [2.75, 3.05) is 6.54 Å². The van der Waals surface area contributed by atoms with E-state index in [1.165, 1.54) is 0 Å². The van der Waals surface area contributed by atoms with Crippen molar-refractivity contribution in [2.24, 2.45) is 16.7 Å². The molecule has 0 aliphatic carbocycles. The minimum absolute atomic E-state index is 0.185. The second kappa shape index (κ2) is 5.00. The van der Waals surface area contributed by atoms with Crippen LogP contribution in [0.25, 0.3) is 0 Å². The smallest absolute Gasteiger partial charge is 0.226 e. The fourth-order valence-electron chi connectivity index (χ4n) is 2.01. The van der Waals surface area contributed by atoms with Crippen LogP contribution in [-0.4, -0.2) is 12.5 Å². The molecule has 0 fully saturated rings. The van der Waals surface area contributed by atoms with E-state index >= 15 is 0 Å².